The Morgan fingerprint density at radius 1 is 1.19 bits per heavy atom. The van der Waals surface area contributed by atoms with E-state index >= 15 is 0 Å². The van der Waals surface area contributed by atoms with Crippen LogP contribution in [0, 0.1) is 11.8 Å². The Morgan fingerprint density at radius 3 is 2.50 bits per heavy atom. The highest BCUT2D eigenvalue weighted by atomic mass is 32.2. The lowest BCUT2D eigenvalue weighted by Gasteiger charge is -2.30. The molecule has 5 nitrogen and oxygen atoms in total. The molecule has 1 saturated heterocycles. The Kier molecular flexibility index (Phi) is 7.38. The van der Waals surface area contributed by atoms with Crippen LogP contribution in [0.4, 0.5) is 0 Å². The van der Waals surface area contributed by atoms with E-state index in [4.69, 9.17) is 9.47 Å². The maximum absolute atomic E-state index is 13.3. The van der Waals surface area contributed by atoms with Gasteiger partial charge in [-0.15, -0.1) is 11.8 Å². The number of rotatable bonds is 7. The Bertz CT molecular complexity index is 632. The maximum atomic E-state index is 13.3. The second-order valence-electron chi connectivity index (χ2n) is 7.37. The summed E-state index contributed by atoms with van der Waals surface area (Å²) in [5, 5.41) is -0.0380. The molecule has 0 bridgehead atoms. The largest absolute Gasteiger partial charge is 0.496 e. The van der Waals surface area contributed by atoms with Crippen molar-refractivity contribution in [1.82, 2.24) is 4.90 Å². The van der Waals surface area contributed by atoms with Crippen LogP contribution in [0.5, 0.6) is 5.75 Å². The summed E-state index contributed by atoms with van der Waals surface area (Å²) in [5.41, 5.74) is 0.480. The molecule has 0 saturated carbocycles. The number of benzene rings is 1. The van der Waals surface area contributed by atoms with Crippen LogP contribution >= 0.6 is 11.8 Å². The third kappa shape index (κ3) is 4.93. The van der Waals surface area contributed by atoms with Gasteiger partial charge in [0.15, 0.2) is 0 Å². The first-order valence-corrected chi connectivity index (χ1v) is 10.1. The summed E-state index contributed by atoms with van der Waals surface area (Å²) in [6.45, 7) is 8.60. The number of nitrogens with zero attached hydrogens (tertiary/aromatic N) is 1. The zero-order valence-corrected chi connectivity index (χ0v) is 17.0. The van der Waals surface area contributed by atoms with Crippen LogP contribution in [0.1, 0.15) is 44.5 Å². The predicted molar refractivity (Wildman–Crippen MR) is 104 cm³/mol. The van der Waals surface area contributed by atoms with E-state index in [0.29, 0.717) is 29.6 Å². The second-order valence-corrected chi connectivity index (χ2v) is 8.58. The number of carbonyl (C=O) groups is 2. The zero-order valence-electron chi connectivity index (χ0n) is 16.2. The molecule has 0 aliphatic carbocycles. The van der Waals surface area contributed by atoms with Gasteiger partial charge in [0.05, 0.1) is 24.7 Å². The van der Waals surface area contributed by atoms with E-state index in [1.807, 2.05) is 26.0 Å². The van der Waals surface area contributed by atoms with Crippen LogP contribution in [0.25, 0.3) is 0 Å². The topological polar surface area (TPSA) is 55.8 Å². The fourth-order valence-electron chi connectivity index (χ4n) is 2.91. The number of thioether (sulfide) groups is 1. The minimum absolute atomic E-state index is 0.0380. The van der Waals surface area contributed by atoms with Gasteiger partial charge < -0.3 is 14.4 Å². The summed E-state index contributed by atoms with van der Waals surface area (Å²) in [6.07, 6.45) is 0.833. The van der Waals surface area contributed by atoms with Crippen molar-refractivity contribution in [3.8, 4) is 5.75 Å². The van der Waals surface area contributed by atoms with Gasteiger partial charge in [-0.25, -0.2) is 4.79 Å². The van der Waals surface area contributed by atoms with Crippen molar-refractivity contribution >= 4 is 23.6 Å². The Balaban J connectivity index is 2.29. The lowest BCUT2D eigenvalue weighted by molar-refractivity contribution is -0.149. The molecule has 1 fully saturated rings. The smallest absolute Gasteiger partial charge is 0.329 e. The van der Waals surface area contributed by atoms with Gasteiger partial charge >= 0.3 is 5.97 Å². The molecule has 2 atom stereocenters. The second kappa shape index (κ2) is 9.31. The monoisotopic (exact) mass is 379 g/mol. The molecule has 1 aromatic carbocycles. The quantitative estimate of drug-likeness (QED) is 0.674. The molecule has 0 aromatic heterocycles. The normalized spacial score (nSPS) is 19.9. The highest BCUT2D eigenvalue weighted by molar-refractivity contribution is 8.00. The molecule has 26 heavy (non-hydrogen) atoms. The molecule has 1 aliphatic heterocycles. The minimum Gasteiger partial charge on any atom is -0.496 e. The van der Waals surface area contributed by atoms with E-state index in [-0.39, 0.29) is 23.2 Å². The molecule has 1 aromatic rings. The SMILES string of the molecule is COc1ccccc1C(=O)N1[C@H](CC(C)C)SC[C@H]1C(=O)OCC(C)C. The molecular weight excluding hydrogens is 350 g/mol. The molecule has 0 unspecified atom stereocenters. The first-order valence-electron chi connectivity index (χ1n) is 9.09. The van der Waals surface area contributed by atoms with Crippen LogP contribution in [-0.2, 0) is 9.53 Å². The molecule has 144 valence electrons. The minimum atomic E-state index is -0.556. The molecule has 2 rings (SSSR count). The van der Waals surface area contributed by atoms with Crippen molar-refractivity contribution < 1.29 is 19.1 Å². The molecule has 6 heteroatoms. The molecule has 0 radical (unpaired) electrons. The van der Waals surface area contributed by atoms with Crippen molar-refractivity contribution in [1.29, 1.82) is 0 Å². The van der Waals surface area contributed by atoms with Gasteiger partial charge in [-0.3, -0.25) is 4.79 Å². The van der Waals surface area contributed by atoms with Crippen LogP contribution in [0.3, 0.4) is 0 Å². The molecule has 0 spiro atoms. The van der Waals surface area contributed by atoms with Crippen molar-refractivity contribution in [3.05, 3.63) is 29.8 Å². The van der Waals surface area contributed by atoms with Gasteiger partial charge in [-0.2, -0.15) is 0 Å². The van der Waals surface area contributed by atoms with Gasteiger partial charge in [0.2, 0.25) is 0 Å². The fraction of sp³-hybridized carbons (Fsp3) is 0.600. The number of carbonyl (C=O) groups excluding carboxylic acids is 2. The standard InChI is InChI=1S/C20H29NO4S/c1-13(2)10-18-21(16(12-26-18)20(23)25-11-14(3)4)19(22)15-8-6-7-9-17(15)24-5/h6-9,13-14,16,18H,10-12H2,1-5H3/t16-,18-/m0/s1. The van der Waals surface area contributed by atoms with E-state index in [2.05, 4.69) is 13.8 Å². The molecule has 1 heterocycles. The summed E-state index contributed by atoms with van der Waals surface area (Å²) < 4.78 is 10.8. The van der Waals surface area contributed by atoms with Gasteiger partial charge in [0.25, 0.3) is 5.91 Å². The van der Waals surface area contributed by atoms with E-state index in [0.717, 1.165) is 6.42 Å². The Morgan fingerprint density at radius 2 is 1.88 bits per heavy atom. The molecule has 1 amide bonds. The summed E-state index contributed by atoms with van der Waals surface area (Å²) in [5.74, 6) is 1.27. The maximum Gasteiger partial charge on any atom is 0.329 e. The Hall–Kier alpha value is -1.69. The highest BCUT2D eigenvalue weighted by Crippen LogP contribution is 2.36. The third-order valence-corrected chi connectivity index (χ3v) is 5.48. The van der Waals surface area contributed by atoms with Gasteiger partial charge in [-0.05, 0) is 30.4 Å². The number of para-hydroxylation sites is 1. The lowest BCUT2D eigenvalue weighted by atomic mass is 10.1. The first kappa shape index (κ1) is 20.6. The predicted octanol–water partition coefficient (Wildman–Crippen LogP) is 3.82. The molecule has 0 N–H and O–H groups in total. The average Bonchev–Trinajstić information content (AvgIpc) is 3.01. The van der Waals surface area contributed by atoms with Crippen LogP contribution in [0.2, 0.25) is 0 Å². The number of ether oxygens (including phenoxy) is 2. The number of hydrogen-bond donors (Lipinski definition) is 0. The number of amides is 1. The summed E-state index contributed by atoms with van der Waals surface area (Å²) in [7, 11) is 1.55. The van der Waals surface area contributed by atoms with E-state index in [1.54, 1.807) is 35.9 Å². The van der Waals surface area contributed by atoms with Gasteiger partial charge in [0, 0.05) is 5.75 Å². The van der Waals surface area contributed by atoms with Crippen LogP contribution in [0.15, 0.2) is 24.3 Å². The van der Waals surface area contributed by atoms with Gasteiger partial charge in [0.1, 0.15) is 11.8 Å². The van der Waals surface area contributed by atoms with Crippen molar-refractivity contribution in [3.63, 3.8) is 0 Å². The third-order valence-electron chi connectivity index (χ3n) is 4.17. The van der Waals surface area contributed by atoms with E-state index in [9.17, 15) is 9.59 Å². The highest BCUT2D eigenvalue weighted by Gasteiger charge is 2.43. The number of hydrogen-bond acceptors (Lipinski definition) is 5. The van der Waals surface area contributed by atoms with Crippen LogP contribution < -0.4 is 4.74 Å². The van der Waals surface area contributed by atoms with E-state index < -0.39 is 6.04 Å². The van der Waals surface area contributed by atoms with Crippen molar-refractivity contribution in [2.45, 2.75) is 45.5 Å². The number of esters is 1. The zero-order chi connectivity index (χ0) is 19.3. The van der Waals surface area contributed by atoms with Crippen molar-refractivity contribution in [2.75, 3.05) is 19.5 Å². The summed E-state index contributed by atoms with van der Waals surface area (Å²) >= 11 is 1.65. The average molecular weight is 380 g/mol. The molecular formula is C20H29NO4S. The summed E-state index contributed by atoms with van der Waals surface area (Å²) in [6, 6.07) is 6.59. The molecule has 1 aliphatic rings. The fourth-order valence-corrected chi connectivity index (χ4v) is 4.53. The van der Waals surface area contributed by atoms with Crippen LogP contribution in [-0.4, -0.2) is 47.7 Å². The van der Waals surface area contributed by atoms with Gasteiger partial charge in [-0.1, -0.05) is 39.8 Å². The first-order chi connectivity index (χ1) is 12.3. The number of methoxy groups -OCH3 is 1. The lowest BCUT2D eigenvalue weighted by Crippen LogP contribution is -2.47. The van der Waals surface area contributed by atoms with Crippen molar-refractivity contribution in [2.24, 2.45) is 11.8 Å². The van der Waals surface area contributed by atoms with E-state index in [1.165, 1.54) is 0 Å². The summed E-state index contributed by atoms with van der Waals surface area (Å²) in [4.78, 5) is 27.6. The Labute approximate surface area is 160 Å².